The minimum absolute atomic E-state index is 0.530. The van der Waals surface area contributed by atoms with Gasteiger partial charge < -0.3 is 10.2 Å². The molecule has 3 aliphatic rings. The summed E-state index contributed by atoms with van der Waals surface area (Å²) in [6.45, 7) is 3.03. The van der Waals surface area contributed by atoms with Gasteiger partial charge in [-0.25, -0.2) is 4.98 Å². The van der Waals surface area contributed by atoms with Gasteiger partial charge in [0.1, 0.15) is 19.3 Å². The van der Waals surface area contributed by atoms with E-state index < -0.39 is 11.7 Å². The lowest BCUT2D eigenvalue weighted by molar-refractivity contribution is -0.367. The molecule has 1 saturated heterocycles. The first-order valence-corrected chi connectivity index (χ1v) is 9.70. The van der Waals surface area contributed by atoms with E-state index in [2.05, 4.69) is 20.1 Å². The zero-order valence-corrected chi connectivity index (χ0v) is 15.4. The van der Waals surface area contributed by atoms with Crippen molar-refractivity contribution in [1.82, 2.24) is 10.2 Å². The minimum Gasteiger partial charge on any atom is -0.360 e. The highest BCUT2D eigenvalue weighted by atomic mass is 32.1. The molecule has 0 amide bonds. The van der Waals surface area contributed by atoms with E-state index in [1.165, 1.54) is 31.7 Å². The van der Waals surface area contributed by atoms with Gasteiger partial charge in [-0.05, 0) is 49.4 Å². The summed E-state index contributed by atoms with van der Waals surface area (Å²) in [5.41, 5.74) is -0.656. The van der Waals surface area contributed by atoms with Gasteiger partial charge in [0.25, 0.3) is 5.82 Å². The van der Waals surface area contributed by atoms with Crippen molar-refractivity contribution < 1.29 is 18.2 Å². The molecule has 142 valence electrons. The Bertz CT molecular complexity index is 655. The molecule has 2 aliphatic carbocycles. The number of piperazine rings is 1. The van der Waals surface area contributed by atoms with Gasteiger partial charge in [-0.2, -0.15) is 13.2 Å². The van der Waals surface area contributed by atoms with E-state index in [0.29, 0.717) is 11.9 Å². The predicted octanol–water partition coefficient (Wildman–Crippen LogP) is 2.70. The summed E-state index contributed by atoms with van der Waals surface area (Å²) in [4.78, 5) is 7.02. The van der Waals surface area contributed by atoms with Crippen LogP contribution in [0.4, 0.5) is 19.0 Å². The van der Waals surface area contributed by atoms with Gasteiger partial charge in [-0.15, -0.1) is 0 Å². The third-order valence-corrected chi connectivity index (χ3v) is 6.45. The summed E-state index contributed by atoms with van der Waals surface area (Å²) >= 11 is 5.60. The predicted molar refractivity (Wildman–Crippen MR) is 96.8 cm³/mol. The molecule has 2 N–H and O–H groups in total. The van der Waals surface area contributed by atoms with Crippen LogP contribution >= 0.6 is 12.2 Å². The van der Waals surface area contributed by atoms with E-state index in [1.54, 1.807) is 0 Å². The maximum Gasteiger partial charge on any atom is 0.419 e. The SMILES string of the molecule is FC(F)(F)c1ccc(N2CCN(C(=S)N[C@@H]3C[C@H]4CC[C@@H]3C4)CC2)[nH+]c1. The standard InChI is InChI=1S/C18H23F3N4S/c19-18(20,21)14-3-4-16(22-11-14)24-5-7-25(8-6-24)17(26)23-15-10-12-1-2-13(15)9-12/h3-4,11-13,15H,1-2,5-10H2,(H,23,26)/p+1/t12-,13+,15+/m0/s1. The summed E-state index contributed by atoms with van der Waals surface area (Å²) < 4.78 is 38.0. The molecule has 3 fully saturated rings. The third kappa shape index (κ3) is 3.61. The van der Waals surface area contributed by atoms with E-state index in [4.69, 9.17) is 12.2 Å². The summed E-state index contributed by atoms with van der Waals surface area (Å²) in [5.74, 6) is 2.37. The normalized spacial score (nSPS) is 28.5. The number of hydrogen-bond donors (Lipinski definition) is 1. The summed E-state index contributed by atoms with van der Waals surface area (Å²) in [5, 5.41) is 4.40. The number of nitrogens with one attached hydrogen (secondary N) is 2. The Labute approximate surface area is 156 Å². The fourth-order valence-electron chi connectivity index (χ4n) is 4.61. The highest BCUT2D eigenvalue weighted by molar-refractivity contribution is 7.80. The van der Waals surface area contributed by atoms with E-state index >= 15 is 0 Å². The molecule has 4 nitrogen and oxygen atoms in total. The van der Waals surface area contributed by atoms with Crippen molar-refractivity contribution in [3.05, 3.63) is 23.9 Å². The molecule has 8 heteroatoms. The van der Waals surface area contributed by atoms with E-state index in [9.17, 15) is 13.2 Å². The lowest BCUT2D eigenvalue weighted by atomic mass is 9.95. The molecule has 2 heterocycles. The molecule has 0 aromatic carbocycles. The number of H-pyrrole nitrogens is 1. The first kappa shape index (κ1) is 17.8. The number of alkyl halides is 3. The van der Waals surface area contributed by atoms with Crippen molar-refractivity contribution >= 4 is 23.1 Å². The smallest absolute Gasteiger partial charge is 0.360 e. The molecule has 2 bridgehead atoms. The molecule has 4 rings (SSSR count). The molecule has 0 unspecified atom stereocenters. The molecule has 26 heavy (non-hydrogen) atoms. The maximum atomic E-state index is 12.7. The lowest BCUT2D eigenvalue weighted by Crippen LogP contribution is -2.54. The first-order chi connectivity index (χ1) is 12.4. The van der Waals surface area contributed by atoms with Gasteiger partial charge in [0.05, 0.1) is 18.7 Å². The number of halogens is 3. The third-order valence-electron chi connectivity index (χ3n) is 6.08. The number of pyridine rings is 1. The van der Waals surface area contributed by atoms with Gasteiger partial charge in [0, 0.05) is 12.1 Å². The van der Waals surface area contributed by atoms with Crippen LogP contribution in [0, 0.1) is 11.8 Å². The van der Waals surface area contributed by atoms with Crippen LogP contribution in [0.25, 0.3) is 0 Å². The highest BCUT2D eigenvalue weighted by Gasteiger charge is 2.40. The molecule has 2 saturated carbocycles. The maximum absolute atomic E-state index is 12.7. The van der Waals surface area contributed by atoms with Crippen molar-refractivity contribution in [3.8, 4) is 0 Å². The second kappa shape index (κ2) is 6.87. The molecular weight excluding hydrogens is 361 g/mol. The quantitative estimate of drug-likeness (QED) is 0.794. The van der Waals surface area contributed by atoms with Crippen LogP contribution in [-0.2, 0) is 6.18 Å². The van der Waals surface area contributed by atoms with Crippen molar-refractivity contribution in [2.75, 3.05) is 31.1 Å². The number of aromatic amines is 1. The molecule has 1 aliphatic heterocycles. The molecule has 0 radical (unpaired) electrons. The van der Waals surface area contributed by atoms with Crippen molar-refractivity contribution in [2.24, 2.45) is 11.8 Å². The summed E-state index contributed by atoms with van der Waals surface area (Å²) in [6, 6.07) is 3.16. The Morgan fingerprint density at radius 2 is 1.88 bits per heavy atom. The molecule has 0 spiro atoms. The number of rotatable bonds is 2. The molecule has 3 atom stereocenters. The Hall–Kier alpha value is -1.57. The number of anilines is 1. The van der Waals surface area contributed by atoms with E-state index in [0.717, 1.165) is 55.4 Å². The summed E-state index contributed by atoms with van der Waals surface area (Å²) in [6.07, 6.45) is 2.00. The Balaban J connectivity index is 1.29. The fourth-order valence-corrected chi connectivity index (χ4v) is 4.95. The van der Waals surface area contributed by atoms with Crippen LogP contribution in [-0.4, -0.2) is 42.2 Å². The second-order valence-corrected chi connectivity index (χ2v) is 8.05. The van der Waals surface area contributed by atoms with Gasteiger partial charge in [0.2, 0.25) is 0 Å². The number of hydrogen-bond acceptors (Lipinski definition) is 2. The van der Waals surface area contributed by atoms with Gasteiger partial charge in [-0.1, -0.05) is 6.42 Å². The Morgan fingerprint density at radius 1 is 1.12 bits per heavy atom. The van der Waals surface area contributed by atoms with Crippen LogP contribution in [0.2, 0.25) is 0 Å². The zero-order chi connectivity index (χ0) is 18.3. The van der Waals surface area contributed by atoms with Gasteiger partial charge >= 0.3 is 6.18 Å². The van der Waals surface area contributed by atoms with Crippen LogP contribution in [0.5, 0.6) is 0 Å². The van der Waals surface area contributed by atoms with Crippen LogP contribution in [0.3, 0.4) is 0 Å². The molecule has 1 aromatic heterocycles. The largest absolute Gasteiger partial charge is 0.419 e. The highest BCUT2D eigenvalue weighted by Crippen LogP contribution is 2.44. The van der Waals surface area contributed by atoms with Crippen molar-refractivity contribution in [3.63, 3.8) is 0 Å². The lowest BCUT2D eigenvalue weighted by Gasteiger charge is -2.35. The van der Waals surface area contributed by atoms with E-state index in [-0.39, 0.29) is 0 Å². The van der Waals surface area contributed by atoms with Crippen molar-refractivity contribution in [2.45, 2.75) is 37.9 Å². The monoisotopic (exact) mass is 385 g/mol. The van der Waals surface area contributed by atoms with Gasteiger partial charge in [0.15, 0.2) is 5.11 Å². The topological polar surface area (TPSA) is 32.6 Å². The van der Waals surface area contributed by atoms with Gasteiger partial charge in [-0.3, -0.25) is 4.90 Å². The first-order valence-electron chi connectivity index (χ1n) is 9.29. The van der Waals surface area contributed by atoms with Crippen molar-refractivity contribution in [1.29, 1.82) is 0 Å². The minimum atomic E-state index is -4.31. The van der Waals surface area contributed by atoms with Crippen LogP contribution in [0.15, 0.2) is 18.3 Å². The zero-order valence-electron chi connectivity index (χ0n) is 14.6. The second-order valence-electron chi connectivity index (χ2n) is 7.67. The Morgan fingerprint density at radius 3 is 2.42 bits per heavy atom. The fraction of sp³-hybridized carbons (Fsp3) is 0.667. The average Bonchev–Trinajstić information content (AvgIpc) is 3.24. The van der Waals surface area contributed by atoms with E-state index in [1.807, 2.05) is 0 Å². The molecular formula is C18H24F3N4S+. The number of fused-ring (bicyclic) bond motifs is 2. The molecule has 1 aromatic rings. The number of thiocarbonyl (C=S) groups is 1. The average molecular weight is 385 g/mol. The summed E-state index contributed by atoms with van der Waals surface area (Å²) in [7, 11) is 0. The Kier molecular flexibility index (Phi) is 4.71. The van der Waals surface area contributed by atoms with Crippen LogP contribution < -0.4 is 15.2 Å². The van der Waals surface area contributed by atoms with Crippen LogP contribution in [0.1, 0.15) is 31.2 Å². The number of nitrogens with zero attached hydrogens (tertiary/aromatic N) is 2. The number of aromatic nitrogens is 1.